The van der Waals surface area contributed by atoms with Crippen molar-refractivity contribution in [2.75, 3.05) is 0 Å². The number of pyridine rings is 1. The van der Waals surface area contributed by atoms with E-state index in [0.29, 0.717) is 17.5 Å². The average Bonchev–Trinajstić information content (AvgIpc) is 3.33. The number of nitrogens with one attached hydrogen (secondary N) is 2. The molecular formula is C17H17BrClN3O. The molecular weight excluding hydrogens is 378 g/mol. The van der Waals surface area contributed by atoms with Crippen LogP contribution in [-0.2, 0) is 6.61 Å². The van der Waals surface area contributed by atoms with E-state index in [1.54, 1.807) is 6.07 Å². The molecule has 0 unspecified atom stereocenters. The molecule has 0 bridgehead atoms. The normalized spacial score (nSPS) is 13.9. The van der Waals surface area contributed by atoms with E-state index in [1.165, 1.54) is 4.57 Å². The molecule has 2 N–H and O–H groups in total. The third-order valence-corrected chi connectivity index (χ3v) is 4.77. The lowest BCUT2D eigenvalue weighted by molar-refractivity contribution is 0.304. The highest BCUT2D eigenvalue weighted by Gasteiger charge is 2.27. The number of benzene rings is 1. The number of rotatable bonds is 4. The van der Waals surface area contributed by atoms with Gasteiger partial charge in [0.2, 0.25) is 0 Å². The van der Waals surface area contributed by atoms with Gasteiger partial charge < -0.3 is 4.74 Å². The molecule has 120 valence electrons. The van der Waals surface area contributed by atoms with Crippen molar-refractivity contribution in [1.29, 1.82) is 10.8 Å². The summed E-state index contributed by atoms with van der Waals surface area (Å²) in [4.78, 5) is 0. The van der Waals surface area contributed by atoms with Gasteiger partial charge in [-0.1, -0.05) is 17.7 Å². The van der Waals surface area contributed by atoms with Crippen molar-refractivity contribution in [3.05, 3.63) is 57.7 Å². The molecule has 6 heteroatoms. The summed E-state index contributed by atoms with van der Waals surface area (Å²) < 4.78 is 7.56. The van der Waals surface area contributed by atoms with Crippen LogP contribution in [0.25, 0.3) is 0 Å². The maximum atomic E-state index is 8.06. The van der Waals surface area contributed by atoms with Gasteiger partial charge in [-0.05, 0) is 76.5 Å². The molecule has 2 aromatic rings. The summed E-state index contributed by atoms with van der Waals surface area (Å²) in [5, 5.41) is 16.4. The van der Waals surface area contributed by atoms with Crippen LogP contribution < -0.4 is 10.2 Å². The first-order chi connectivity index (χ1) is 11.0. The van der Waals surface area contributed by atoms with E-state index in [-0.39, 0.29) is 10.2 Å². The average molecular weight is 395 g/mol. The van der Waals surface area contributed by atoms with Crippen molar-refractivity contribution in [3.63, 3.8) is 0 Å². The molecule has 1 aliphatic rings. The Morgan fingerprint density at radius 2 is 2.13 bits per heavy atom. The number of hydrogen-bond donors (Lipinski definition) is 2. The highest BCUT2D eigenvalue weighted by Crippen LogP contribution is 2.41. The predicted octanol–water partition coefficient (Wildman–Crippen LogP) is 4.56. The summed E-state index contributed by atoms with van der Waals surface area (Å²) in [5.41, 5.74) is 3.43. The van der Waals surface area contributed by atoms with Crippen molar-refractivity contribution in [3.8, 4) is 5.75 Å². The molecule has 1 heterocycles. The van der Waals surface area contributed by atoms with Crippen LogP contribution in [0.15, 0.2) is 30.5 Å². The van der Waals surface area contributed by atoms with Crippen molar-refractivity contribution < 1.29 is 4.74 Å². The SMILES string of the molecule is Cc1ccc(OCc2cc(=N)n(C(=N)Br)cc2C2CC2)cc1Cl. The van der Waals surface area contributed by atoms with Crippen LogP contribution in [0.2, 0.25) is 5.02 Å². The second-order valence-corrected chi connectivity index (χ2v) is 6.93. The second-order valence-electron chi connectivity index (χ2n) is 5.77. The summed E-state index contributed by atoms with van der Waals surface area (Å²) in [5.74, 6) is 1.23. The Kier molecular flexibility index (Phi) is 4.60. The molecule has 0 atom stereocenters. The zero-order chi connectivity index (χ0) is 16.6. The Morgan fingerprint density at radius 1 is 1.39 bits per heavy atom. The molecule has 0 saturated heterocycles. The van der Waals surface area contributed by atoms with Crippen LogP contribution in [0, 0.1) is 17.7 Å². The van der Waals surface area contributed by atoms with E-state index < -0.39 is 0 Å². The van der Waals surface area contributed by atoms with Gasteiger partial charge in [-0.2, -0.15) is 0 Å². The first kappa shape index (κ1) is 16.3. The summed E-state index contributed by atoms with van der Waals surface area (Å²) in [6.07, 6.45) is 4.17. The quantitative estimate of drug-likeness (QED) is 0.579. The Hall–Kier alpha value is -1.59. The molecule has 0 amide bonds. The zero-order valence-electron chi connectivity index (χ0n) is 12.7. The van der Waals surface area contributed by atoms with Crippen molar-refractivity contribution in [2.24, 2.45) is 0 Å². The maximum Gasteiger partial charge on any atom is 0.175 e. The third kappa shape index (κ3) is 3.67. The largest absolute Gasteiger partial charge is 0.489 e. The van der Waals surface area contributed by atoms with E-state index in [2.05, 4.69) is 15.9 Å². The van der Waals surface area contributed by atoms with Gasteiger partial charge in [-0.15, -0.1) is 0 Å². The fourth-order valence-corrected chi connectivity index (χ4v) is 2.95. The van der Waals surface area contributed by atoms with Gasteiger partial charge in [-0.3, -0.25) is 15.4 Å². The third-order valence-electron chi connectivity index (χ3n) is 3.98. The summed E-state index contributed by atoms with van der Waals surface area (Å²) in [7, 11) is 0. The Labute approximate surface area is 148 Å². The van der Waals surface area contributed by atoms with Crippen LogP contribution >= 0.6 is 27.5 Å². The molecule has 1 aliphatic carbocycles. The van der Waals surface area contributed by atoms with Crippen LogP contribution in [0.1, 0.15) is 35.4 Å². The van der Waals surface area contributed by atoms with Gasteiger partial charge in [0.15, 0.2) is 4.74 Å². The molecule has 1 aromatic heterocycles. The van der Waals surface area contributed by atoms with Crippen molar-refractivity contribution >= 4 is 32.3 Å². The fourth-order valence-electron chi connectivity index (χ4n) is 2.48. The molecule has 1 fully saturated rings. The Balaban J connectivity index is 1.87. The molecule has 0 aliphatic heterocycles. The van der Waals surface area contributed by atoms with Gasteiger partial charge >= 0.3 is 0 Å². The number of aryl methyl sites for hydroxylation is 1. The number of ether oxygens (including phenoxy) is 1. The predicted molar refractivity (Wildman–Crippen MR) is 94.8 cm³/mol. The lowest BCUT2D eigenvalue weighted by Gasteiger charge is -2.14. The van der Waals surface area contributed by atoms with Gasteiger partial charge in [0.25, 0.3) is 0 Å². The molecule has 23 heavy (non-hydrogen) atoms. The van der Waals surface area contributed by atoms with Crippen LogP contribution in [0.3, 0.4) is 0 Å². The van der Waals surface area contributed by atoms with Gasteiger partial charge in [0.05, 0.1) is 0 Å². The summed E-state index contributed by atoms with van der Waals surface area (Å²) in [6, 6.07) is 7.42. The van der Waals surface area contributed by atoms with Crippen molar-refractivity contribution in [1.82, 2.24) is 4.57 Å². The lowest BCUT2D eigenvalue weighted by Crippen LogP contribution is -2.24. The zero-order valence-corrected chi connectivity index (χ0v) is 15.0. The van der Waals surface area contributed by atoms with E-state index in [4.69, 9.17) is 27.2 Å². The minimum atomic E-state index is 0.169. The monoisotopic (exact) mass is 393 g/mol. The van der Waals surface area contributed by atoms with E-state index in [9.17, 15) is 0 Å². The van der Waals surface area contributed by atoms with Gasteiger partial charge in [0.1, 0.15) is 17.8 Å². The van der Waals surface area contributed by atoms with E-state index in [0.717, 1.165) is 35.3 Å². The second kappa shape index (κ2) is 6.49. The number of nitrogens with zero attached hydrogens (tertiary/aromatic N) is 1. The van der Waals surface area contributed by atoms with Crippen LogP contribution in [0.5, 0.6) is 5.75 Å². The van der Waals surface area contributed by atoms with Gasteiger partial charge in [-0.25, -0.2) is 0 Å². The minimum absolute atomic E-state index is 0.169. The lowest BCUT2D eigenvalue weighted by atomic mass is 10.1. The summed E-state index contributed by atoms with van der Waals surface area (Å²) >= 11 is 9.26. The maximum absolute atomic E-state index is 8.06. The van der Waals surface area contributed by atoms with E-state index >= 15 is 0 Å². The number of hydrogen-bond acceptors (Lipinski definition) is 3. The first-order valence-electron chi connectivity index (χ1n) is 7.39. The molecule has 1 saturated carbocycles. The molecule has 4 nitrogen and oxygen atoms in total. The number of aromatic nitrogens is 1. The molecule has 0 spiro atoms. The Bertz CT molecular complexity index is 827. The molecule has 3 rings (SSSR count). The molecule has 0 radical (unpaired) electrons. The van der Waals surface area contributed by atoms with Crippen molar-refractivity contribution in [2.45, 2.75) is 32.3 Å². The number of halogens is 2. The molecule has 1 aromatic carbocycles. The van der Waals surface area contributed by atoms with E-state index in [1.807, 2.05) is 31.3 Å². The first-order valence-corrected chi connectivity index (χ1v) is 8.56. The van der Waals surface area contributed by atoms with Gasteiger partial charge in [0, 0.05) is 11.2 Å². The topological polar surface area (TPSA) is 61.9 Å². The minimum Gasteiger partial charge on any atom is -0.489 e. The van der Waals surface area contributed by atoms with Crippen LogP contribution in [0.4, 0.5) is 0 Å². The highest BCUT2D eigenvalue weighted by atomic mass is 79.9. The summed E-state index contributed by atoms with van der Waals surface area (Å²) in [6.45, 7) is 2.35. The Morgan fingerprint density at radius 3 is 2.74 bits per heavy atom. The fraction of sp³-hybridized carbons (Fsp3) is 0.294. The van der Waals surface area contributed by atoms with Crippen LogP contribution in [-0.4, -0.2) is 9.31 Å². The standard InChI is InChI=1S/C17H17BrClN3O/c1-10-2-5-13(7-15(10)19)23-9-12-6-16(20)22(17(18)21)8-14(12)11-3-4-11/h2,5-8,11,20-21H,3-4,9H2,1H3. The highest BCUT2D eigenvalue weighted by molar-refractivity contribution is 9.18. The smallest absolute Gasteiger partial charge is 0.175 e.